The maximum absolute atomic E-state index is 13.5. The van der Waals surface area contributed by atoms with Gasteiger partial charge in [-0.25, -0.2) is 0 Å². The van der Waals surface area contributed by atoms with Crippen LogP contribution < -0.4 is 5.32 Å². The van der Waals surface area contributed by atoms with Crippen LogP contribution in [0.5, 0.6) is 0 Å². The van der Waals surface area contributed by atoms with E-state index in [1.807, 2.05) is 5.32 Å². The first kappa shape index (κ1) is 28.5. The molecule has 0 aromatic carbocycles. The summed E-state index contributed by atoms with van der Waals surface area (Å²) in [6.07, 6.45) is -10.3. The SMILES string of the molecule is CCOC(=O)CC(C)NCCC(F)(F)C(F)(F)C(F)(F)C(F)(F)C(F)(F)C(F)(F)F. The highest BCUT2D eigenvalue weighted by molar-refractivity contribution is 5.69. The van der Waals surface area contributed by atoms with Crippen LogP contribution in [0.2, 0.25) is 0 Å². The molecule has 0 rings (SSSR count). The lowest BCUT2D eigenvalue weighted by Gasteiger charge is -2.39. The van der Waals surface area contributed by atoms with E-state index in [0.717, 1.165) is 6.92 Å². The van der Waals surface area contributed by atoms with Crippen LogP contribution in [0, 0.1) is 0 Å². The highest BCUT2D eigenvalue weighted by Gasteiger charge is 2.90. The second-order valence-electron chi connectivity index (χ2n) is 6.11. The van der Waals surface area contributed by atoms with Crippen molar-refractivity contribution >= 4 is 5.97 Å². The van der Waals surface area contributed by atoms with E-state index in [-0.39, 0.29) is 6.61 Å². The zero-order valence-corrected chi connectivity index (χ0v) is 15.1. The zero-order chi connectivity index (χ0) is 24.4. The Hall–Kier alpha value is -1.48. The summed E-state index contributed by atoms with van der Waals surface area (Å²) in [4.78, 5) is 11.1. The van der Waals surface area contributed by atoms with Gasteiger partial charge in [0.2, 0.25) is 0 Å². The average molecular weight is 477 g/mol. The van der Waals surface area contributed by atoms with Crippen LogP contribution in [0.25, 0.3) is 0 Å². The van der Waals surface area contributed by atoms with Crippen LogP contribution in [0.1, 0.15) is 26.7 Å². The highest BCUT2D eigenvalue weighted by Crippen LogP contribution is 2.60. The smallest absolute Gasteiger partial charge is 0.460 e. The summed E-state index contributed by atoms with van der Waals surface area (Å²) in [5.41, 5.74) is 0. The third-order valence-electron chi connectivity index (χ3n) is 3.71. The minimum Gasteiger partial charge on any atom is -0.466 e. The van der Waals surface area contributed by atoms with Crippen molar-refractivity contribution in [2.45, 2.75) is 68.5 Å². The largest absolute Gasteiger partial charge is 0.466 e. The maximum atomic E-state index is 13.5. The van der Waals surface area contributed by atoms with Crippen LogP contribution in [-0.2, 0) is 9.53 Å². The third kappa shape index (κ3) is 5.22. The minimum absolute atomic E-state index is 0.0678. The number of hydrogen-bond acceptors (Lipinski definition) is 3. The summed E-state index contributed by atoms with van der Waals surface area (Å²) in [6, 6.07) is -1.05. The molecule has 0 bridgehead atoms. The third-order valence-corrected chi connectivity index (χ3v) is 3.71. The fourth-order valence-corrected chi connectivity index (χ4v) is 1.98. The number of ether oxygens (including phenoxy) is 1. The summed E-state index contributed by atoms with van der Waals surface area (Å²) in [5.74, 6) is -37.7. The number of alkyl halides is 13. The number of hydrogen-bond donors (Lipinski definition) is 1. The molecule has 16 heteroatoms. The van der Waals surface area contributed by atoms with Crippen molar-refractivity contribution in [2.24, 2.45) is 0 Å². The van der Waals surface area contributed by atoms with Crippen LogP contribution in [0.15, 0.2) is 0 Å². The maximum Gasteiger partial charge on any atom is 0.460 e. The van der Waals surface area contributed by atoms with E-state index >= 15 is 0 Å². The number of carbonyl (C=O) groups is 1. The molecule has 30 heavy (non-hydrogen) atoms. The van der Waals surface area contributed by atoms with E-state index in [2.05, 4.69) is 4.74 Å². The molecule has 0 aliphatic heterocycles. The Morgan fingerprint density at radius 3 is 1.63 bits per heavy atom. The monoisotopic (exact) mass is 477 g/mol. The lowest BCUT2D eigenvalue weighted by Crippen LogP contribution is -2.70. The second kappa shape index (κ2) is 8.94. The summed E-state index contributed by atoms with van der Waals surface area (Å²) >= 11 is 0. The molecule has 0 heterocycles. The van der Waals surface area contributed by atoms with Gasteiger partial charge in [0.1, 0.15) is 0 Å². The van der Waals surface area contributed by atoms with E-state index in [1.165, 1.54) is 6.92 Å². The number of esters is 1. The first-order chi connectivity index (χ1) is 13.1. The molecule has 0 saturated heterocycles. The molecule has 180 valence electrons. The first-order valence-electron chi connectivity index (χ1n) is 7.95. The van der Waals surface area contributed by atoms with Gasteiger partial charge in [-0.15, -0.1) is 0 Å². The number of rotatable bonds is 11. The predicted octanol–water partition coefficient (Wildman–Crippen LogP) is 5.05. The molecule has 0 amide bonds. The van der Waals surface area contributed by atoms with Crippen molar-refractivity contribution in [3.63, 3.8) is 0 Å². The molecule has 0 aliphatic carbocycles. The quantitative estimate of drug-likeness (QED) is 0.335. The van der Waals surface area contributed by atoms with Gasteiger partial charge < -0.3 is 10.1 Å². The Morgan fingerprint density at radius 2 is 1.23 bits per heavy atom. The summed E-state index contributed by atoms with van der Waals surface area (Å²) in [5, 5.41) is 1.97. The van der Waals surface area contributed by atoms with Crippen LogP contribution in [0.4, 0.5) is 57.1 Å². The summed E-state index contributed by atoms with van der Waals surface area (Å²) < 4.78 is 172. The van der Waals surface area contributed by atoms with Crippen molar-refractivity contribution in [2.75, 3.05) is 13.2 Å². The van der Waals surface area contributed by atoms with E-state index in [9.17, 15) is 61.9 Å². The Labute approximate surface area is 160 Å². The molecule has 1 N–H and O–H groups in total. The lowest BCUT2D eigenvalue weighted by molar-refractivity contribution is -0.440. The summed E-state index contributed by atoms with van der Waals surface area (Å²) in [7, 11) is 0. The zero-order valence-electron chi connectivity index (χ0n) is 15.1. The molecule has 0 aromatic heterocycles. The molecule has 3 nitrogen and oxygen atoms in total. The van der Waals surface area contributed by atoms with Crippen LogP contribution in [-0.4, -0.2) is 61.0 Å². The first-order valence-corrected chi connectivity index (χ1v) is 7.95. The highest BCUT2D eigenvalue weighted by atomic mass is 19.4. The second-order valence-corrected chi connectivity index (χ2v) is 6.11. The molecule has 0 radical (unpaired) electrons. The van der Waals surface area contributed by atoms with Crippen molar-refractivity contribution in [1.29, 1.82) is 0 Å². The van der Waals surface area contributed by atoms with E-state index < -0.39 is 67.2 Å². The molecule has 0 aromatic rings. The standard InChI is InChI=1S/C14H16F13NO2/c1-3-30-8(29)6-7(2)28-5-4-9(15,16)10(17,18)11(19,20)12(21,22)13(23,24)14(25,26)27/h7,28H,3-6H2,1-2H3. The normalized spacial score (nSPS) is 15.8. The van der Waals surface area contributed by atoms with E-state index in [1.54, 1.807) is 0 Å². The van der Waals surface area contributed by atoms with Crippen LogP contribution in [0.3, 0.4) is 0 Å². The molecule has 0 spiro atoms. The van der Waals surface area contributed by atoms with Gasteiger partial charge in [-0.3, -0.25) is 4.79 Å². The predicted molar refractivity (Wildman–Crippen MR) is 74.1 cm³/mol. The van der Waals surface area contributed by atoms with Gasteiger partial charge >= 0.3 is 41.8 Å². The van der Waals surface area contributed by atoms with Gasteiger partial charge in [0, 0.05) is 19.0 Å². The van der Waals surface area contributed by atoms with Gasteiger partial charge in [0.15, 0.2) is 0 Å². The Morgan fingerprint density at radius 1 is 0.800 bits per heavy atom. The van der Waals surface area contributed by atoms with Gasteiger partial charge in [0.25, 0.3) is 0 Å². The molecule has 0 fully saturated rings. The van der Waals surface area contributed by atoms with Crippen LogP contribution >= 0.6 is 0 Å². The van der Waals surface area contributed by atoms with Gasteiger partial charge in [-0.1, -0.05) is 0 Å². The minimum atomic E-state index is -7.91. The molecule has 0 aliphatic rings. The molecular weight excluding hydrogens is 461 g/mol. The fourth-order valence-electron chi connectivity index (χ4n) is 1.98. The van der Waals surface area contributed by atoms with E-state index in [0.29, 0.717) is 0 Å². The van der Waals surface area contributed by atoms with Crippen molar-refractivity contribution in [1.82, 2.24) is 5.32 Å². The molecule has 1 unspecified atom stereocenters. The Kier molecular flexibility index (Phi) is 8.50. The Bertz CT molecular complexity index is 589. The molecule has 0 saturated carbocycles. The van der Waals surface area contributed by atoms with Gasteiger partial charge in [0.05, 0.1) is 13.0 Å². The Balaban J connectivity index is 5.49. The van der Waals surface area contributed by atoms with Gasteiger partial charge in [-0.2, -0.15) is 57.1 Å². The average Bonchev–Trinajstić information content (AvgIpc) is 2.52. The van der Waals surface area contributed by atoms with Gasteiger partial charge in [-0.05, 0) is 13.8 Å². The molecule has 1 atom stereocenters. The van der Waals surface area contributed by atoms with E-state index in [4.69, 9.17) is 0 Å². The van der Waals surface area contributed by atoms with Crippen molar-refractivity contribution < 1.29 is 66.6 Å². The number of carbonyl (C=O) groups excluding carboxylic acids is 1. The summed E-state index contributed by atoms with van der Waals surface area (Å²) in [6.45, 7) is 1.17. The topological polar surface area (TPSA) is 38.3 Å². The lowest BCUT2D eigenvalue weighted by atomic mass is 9.92. The number of halogens is 13. The van der Waals surface area contributed by atoms with Crippen molar-refractivity contribution in [3.05, 3.63) is 0 Å². The fraction of sp³-hybridized carbons (Fsp3) is 0.929. The number of nitrogens with one attached hydrogen (secondary N) is 1. The van der Waals surface area contributed by atoms with Crippen molar-refractivity contribution in [3.8, 4) is 0 Å². The molecular formula is C14H16F13NO2.